The van der Waals surface area contributed by atoms with Crippen LogP contribution in [-0.4, -0.2) is 24.7 Å². The lowest BCUT2D eigenvalue weighted by Crippen LogP contribution is -2.41. The maximum absolute atomic E-state index is 12.3. The molecule has 0 aliphatic carbocycles. The van der Waals surface area contributed by atoms with Crippen LogP contribution in [0, 0.1) is 0 Å². The lowest BCUT2D eigenvalue weighted by Gasteiger charge is -2.32. The Morgan fingerprint density at radius 3 is 2.05 bits per heavy atom. The van der Waals surface area contributed by atoms with Crippen molar-refractivity contribution in [3.05, 3.63) is 22.7 Å². The monoisotopic (exact) mass is 366 g/mol. The Morgan fingerprint density at radius 1 is 1.05 bits per heavy atom. The predicted molar refractivity (Wildman–Crippen MR) is 76.5 cm³/mol. The van der Waals surface area contributed by atoms with Gasteiger partial charge in [0.25, 0.3) is 0 Å². The maximum Gasteiger partial charge on any atom is 0.573 e. The number of halogens is 4. The van der Waals surface area contributed by atoms with E-state index in [9.17, 15) is 13.2 Å². The average Bonchev–Trinajstić information content (AvgIpc) is 2.44. The van der Waals surface area contributed by atoms with Crippen LogP contribution in [0.4, 0.5) is 13.2 Å². The van der Waals surface area contributed by atoms with Gasteiger partial charge in [0.05, 0.1) is 11.2 Å². The zero-order valence-corrected chi connectivity index (χ0v) is 13.6. The molecule has 2 rings (SSSR count). The summed E-state index contributed by atoms with van der Waals surface area (Å²) >= 11 is 3.17. The number of hydrogen-bond donors (Lipinski definition) is 0. The predicted octanol–water partition coefficient (Wildman–Crippen LogP) is 3.65. The van der Waals surface area contributed by atoms with Crippen molar-refractivity contribution in [2.75, 3.05) is 0 Å². The lowest BCUT2D eigenvalue weighted by atomic mass is 9.79. The van der Waals surface area contributed by atoms with E-state index < -0.39 is 24.7 Å². The minimum absolute atomic E-state index is 0.318. The summed E-state index contributed by atoms with van der Waals surface area (Å²) in [4.78, 5) is 0. The molecule has 21 heavy (non-hydrogen) atoms. The minimum Gasteiger partial charge on any atom is -0.406 e. The molecule has 0 atom stereocenters. The van der Waals surface area contributed by atoms with Gasteiger partial charge in [-0.15, -0.1) is 13.2 Å². The number of benzene rings is 1. The van der Waals surface area contributed by atoms with E-state index in [0.717, 1.165) is 0 Å². The van der Waals surface area contributed by atoms with E-state index in [1.54, 1.807) is 6.07 Å². The van der Waals surface area contributed by atoms with Crippen LogP contribution >= 0.6 is 15.9 Å². The highest BCUT2D eigenvalue weighted by Gasteiger charge is 2.51. The standard InChI is InChI=1S/C13H15BBrF3O3/c1-11(2)12(3,4)21-14(20-11)8-5-9(15)7-10(6-8)19-13(16,17)18/h5-7H,1-4H3. The third kappa shape index (κ3) is 3.73. The third-order valence-electron chi connectivity index (χ3n) is 3.65. The minimum atomic E-state index is -4.74. The van der Waals surface area contributed by atoms with Crippen molar-refractivity contribution in [1.29, 1.82) is 0 Å². The molecule has 0 radical (unpaired) electrons. The summed E-state index contributed by atoms with van der Waals surface area (Å²) in [5.74, 6) is -0.318. The van der Waals surface area contributed by atoms with Gasteiger partial charge >= 0.3 is 13.5 Å². The van der Waals surface area contributed by atoms with Gasteiger partial charge in [0.2, 0.25) is 0 Å². The summed E-state index contributed by atoms with van der Waals surface area (Å²) in [7, 11) is -0.747. The molecule has 0 amide bonds. The summed E-state index contributed by atoms with van der Waals surface area (Å²) < 4.78 is 53.0. The van der Waals surface area contributed by atoms with Crippen LogP contribution in [0.25, 0.3) is 0 Å². The van der Waals surface area contributed by atoms with Crippen LogP contribution in [-0.2, 0) is 9.31 Å². The van der Waals surface area contributed by atoms with Crippen LogP contribution in [0.2, 0.25) is 0 Å². The summed E-state index contributed by atoms with van der Waals surface area (Å²) in [5.41, 5.74) is -0.668. The highest BCUT2D eigenvalue weighted by atomic mass is 79.9. The number of ether oxygens (including phenoxy) is 1. The van der Waals surface area contributed by atoms with E-state index in [2.05, 4.69) is 20.7 Å². The molecule has 1 aliphatic heterocycles. The van der Waals surface area contributed by atoms with Crippen molar-refractivity contribution in [1.82, 2.24) is 0 Å². The molecule has 3 nitrogen and oxygen atoms in total. The van der Waals surface area contributed by atoms with Gasteiger partial charge in [0.1, 0.15) is 5.75 Å². The topological polar surface area (TPSA) is 27.7 Å². The summed E-state index contributed by atoms with van der Waals surface area (Å²) in [5, 5.41) is 0. The Bertz CT molecular complexity index is 530. The van der Waals surface area contributed by atoms with Crippen LogP contribution in [0.15, 0.2) is 22.7 Å². The van der Waals surface area contributed by atoms with E-state index in [-0.39, 0.29) is 5.75 Å². The van der Waals surface area contributed by atoms with Gasteiger partial charge in [0.15, 0.2) is 0 Å². The first-order valence-electron chi connectivity index (χ1n) is 6.31. The molecule has 0 bridgehead atoms. The fourth-order valence-electron chi connectivity index (χ4n) is 1.89. The molecule has 0 unspecified atom stereocenters. The fraction of sp³-hybridized carbons (Fsp3) is 0.538. The Hall–Kier alpha value is -0.725. The van der Waals surface area contributed by atoms with Crippen molar-refractivity contribution in [3.63, 3.8) is 0 Å². The Balaban J connectivity index is 2.30. The van der Waals surface area contributed by atoms with Gasteiger partial charge < -0.3 is 14.0 Å². The van der Waals surface area contributed by atoms with Gasteiger partial charge in [0, 0.05) is 4.47 Å². The van der Waals surface area contributed by atoms with Crippen LogP contribution in [0.1, 0.15) is 27.7 Å². The van der Waals surface area contributed by atoms with Crippen LogP contribution in [0.5, 0.6) is 5.75 Å². The third-order valence-corrected chi connectivity index (χ3v) is 4.11. The Kier molecular flexibility index (Phi) is 4.10. The van der Waals surface area contributed by atoms with Crippen molar-refractivity contribution in [2.24, 2.45) is 0 Å². The molecule has 1 aromatic rings. The van der Waals surface area contributed by atoms with Gasteiger partial charge in [-0.25, -0.2) is 0 Å². The summed E-state index contributed by atoms with van der Waals surface area (Å²) in [6, 6.07) is 4.15. The zero-order chi connectivity index (χ0) is 16.1. The number of hydrogen-bond acceptors (Lipinski definition) is 3. The normalized spacial score (nSPS) is 20.7. The molecule has 1 heterocycles. The summed E-state index contributed by atoms with van der Waals surface area (Å²) in [6.45, 7) is 7.49. The van der Waals surface area contributed by atoms with E-state index in [1.165, 1.54) is 12.1 Å². The highest BCUT2D eigenvalue weighted by molar-refractivity contribution is 9.10. The van der Waals surface area contributed by atoms with Crippen molar-refractivity contribution in [3.8, 4) is 5.75 Å². The molecule has 1 aromatic carbocycles. The second kappa shape index (κ2) is 5.17. The smallest absolute Gasteiger partial charge is 0.406 e. The number of alkyl halides is 3. The lowest BCUT2D eigenvalue weighted by molar-refractivity contribution is -0.274. The molecule has 8 heteroatoms. The molecule has 1 saturated heterocycles. The van der Waals surface area contributed by atoms with E-state index >= 15 is 0 Å². The van der Waals surface area contributed by atoms with Crippen molar-refractivity contribution >= 4 is 28.5 Å². The first-order valence-corrected chi connectivity index (χ1v) is 7.11. The Morgan fingerprint density at radius 2 is 1.57 bits per heavy atom. The van der Waals surface area contributed by atoms with Crippen molar-refractivity contribution < 1.29 is 27.2 Å². The first-order chi connectivity index (χ1) is 9.40. The van der Waals surface area contributed by atoms with Gasteiger partial charge in [-0.2, -0.15) is 0 Å². The molecule has 1 aliphatic rings. The maximum atomic E-state index is 12.3. The largest absolute Gasteiger partial charge is 0.573 e. The SMILES string of the molecule is CC1(C)OB(c2cc(Br)cc(OC(F)(F)F)c2)OC1(C)C. The van der Waals surface area contributed by atoms with Crippen LogP contribution in [0.3, 0.4) is 0 Å². The van der Waals surface area contributed by atoms with Gasteiger partial charge in [-0.3, -0.25) is 0 Å². The second-order valence-electron chi connectivity index (χ2n) is 5.86. The average molecular weight is 367 g/mol. The highest BCUT2D eigenvalue weighted by Crippen LogP contribution is 2.37. The summed E-state index contributed by atoms with van der Waals surface area (Å²) in [6.07, 6.45) is -4.74. The number of rotatable bonds is 2. The van der Waals surface area contributed by atoms with Gasteiger partial charge in [-0.05, 0) is 51.4 Å². The quantitative estimate of drug-likeness (QED) is 0.748. The first kappa shape index (κ1) is 16.6. The van der Waals surface area contributed by atoms with E-state index in [1.807, 2.05) is 27.7 Å². The zero-order valence-electron chi connectivity index (χ0n) is 12.0. The van der Waals surface area contributed by atoms with E-state index in [0.29, 0.717) is 9.94 Å². The molecule has 0 aromatic heterocycles. The molecule has 0 spiro atoms. The fourth-order valence-corrected chi connectivity index (χ4v) is 2.38. The molecule has 0 N–H and O–H groups in total. The van der Waals surface area contributed by atoms with E-state index in [4.69, 9.17) is 9.31 Å². The van der Waals surface area contributed by atoms with Crippen molar-refractivity contribution in [2.45, 2.75) is 45.3 Å². The second-order valence-corrected chi connectivity index (χ2v) is 6.77. The molecular weight excluding hydrogens is 352 g/mol. The molecule has 1 fully saturated rings. The molecule has 0 saturated carbocycles. The molecule has 116 valence electrons. The Labute approximate surface area is 130 Å². The molecular formula is C13H15BBrF3O3. The van der Waals surface area contributed by atoms with Gasteiger partial charge in [-0.1, -0.05) is 15.9 Å². The van der Waals surface area contributed by atoms with Crippen LogP contribution < -0.4 is 10.2 Å².